The van der Waals surface area contributed by atoms with Crippen molar-refractivity contribution in [1.82, 2.24) is 0 Å². The molecule has 0 bridgehead atoms. The largest absolute Gasteiger partial charge is 0.379 e. The number of ether oxygens (including phenoxy) is 2. The molecule has 0 saturated carbocycles. The third-order valence-corrected chi connectivity index (χ3v) is 3.76. The highest BCUT2D eigenvalue weighted by Crippen LogP contribution is 2.29. The lowest BCUT2D eigenvalue weighted by Gasteiger charge is -2.26. The van der Waals surface area contributed by atoms with Gasteiger partial charge in [0.25, 0.3) is 0 Å². The molecule has 1 aliphatic rings. The van der Waals surface area contributed by atoms with Gasteiger partial charge in [0.05, 0.1) is 25.2 Å². The molecule has 0 spiro atoms. The van der Waals surface area contributed by atoms with Crippen LogP contribution in [-0.2, 0) is 20.9 Å². The molecule has 1 aromatic carbocycles. The van der Waals surface area contributed by atoms with Gasteiger partial charge in [-0.25, -0.2) is 0 Å². The van der Waals surface area contributed by atoms with E-state index in [-0.39, 0.29) is 11.9 Å². The minimum Gasteiger partial charge on any atom is -0.379 e. The summed E-state index contributed by atoms with van der Waals surface area (Å²) in [5.41, 5.74) is 7.02. The smallest absolute Gasteiger partial charge is 0.234 e. The van der Waals surface area contributed by atoms with Gasteiger partial charge in [-0.3, -0.25) is 4.79 Å². The summed E-state index contributed by atoms with van der Waals surface area (Å²) in [6.45, 7) is 5.67. The minimum atomic E-state index is -0.682. The van der Waals surface area contributed by atoms with Crippen molar-refractivity contribution in [3.05, 3.63) is 29.8 Å². The van der Waals surface area contributed by atoms with Gasteiger partial charge in [-0.05, 0) is 19.9 Å². The average molecular weight is 278 g/mol. The first-order valence-electron chi connectivity index (χ1n) is 6.88. The quantitative estimate of drug-likeness (QED) is 0.856. The molecule has 0 aliphatic carbocycles. The zero-order valence-corrected chi connectivity index (χ0v) is 12.0. The molecular weight excluding hydrogens is 256 g/mol. The lowest BCUT2D eigenvalue weighted by Crippen LogP contribution is -2.47. The third-order valence-electron chi connectivity index (χ3n) is 3.76. The summed E-state index contributed by atoms with van der Waals surface area (Å²) in [5.74, 6) is -0.105. The van der Waals surface area contributed by atoms with Crippen LogP contribution in [0.3, 0.4) is 0 Å². The Hall–Kier alpha value is -1.43. The maximum absolute atomic E-state index is 12.5. The van der Waals surface area contributed by atoms with Crippen LogP contribution in [0.4, 0.5) is 5.69 Å². The molecule has 20 heavy (non-hydrogen) atoms. The van der Waals surface area contributed by atoms with Gasteiger partial charge in [-0.15, -0.1) is 0 Å². The van der Waals surface area contributed by atoms with Crippen molar-refractivity contribution < 1.29 is 14.3 Å². The van der Waals surface area contributed by atoms with Crippen molar-refractivity contribution in [2.75, 3.05) is 25.1 Å². The van der Waals surface area contributed by atoms with Crippen LogP contribution in [0.25, 0.3) is 0 Å². The van der Waals surface area contributed by atoms with Crippen molar-refractivity contribution in [2.24, 2.45) is 11.1 Å². The molecule has 1 heterocycles. The van der Waals surface area contributed by atoms with E-state index >= 15 is 0 Å². The van der Waals surface area contributed by atoms with E-state index in [0.29, 0.717) is 26.4 Å². The van der Waals surface area contributed by atoms with Gasteiger partial charge < -0.3 is 20.5 Å². The Balaban J connectivity index is 2.11. The number of hydrogen-bond acceptors (Lipinski definition) is 4. The van der Waals surface area contributed by atoms with E-state index in [1.807, 2.05) is 38.1 Å². The summed E-state index contributed by atoms with van der Waals surface area (Å²) in [4.78, 5) is 12.5. The number of nitrogens with two attached hydrogens (primary N) is 1. The Labute approximate surface area is 119 Å². The fraction of sp³-hybridized carbons (Fsp3) is 0.533. The van der Waals surface area contributed by atoms with Crippen LogP contribution in [0.15, 0.2) is 24.3 Å². The van der Waals surface area contributed by atoms with Crippen LogP contribution in [0, 0.1) is 5.41 Å². The number of benzene rings is 1. The summed E-state index contributed by atoms with van der Waals surface area (Å²) < 4.78 is 10.7. The van der Waals surface area contributed by atoms with Gasteiger partial charge in [0.1, 0.15) is 0 Å². The molecule has 1 fully saturated rings. The number of nitrogens with one attached hydrogen (secondary N) is 1. The molecule has 1 aliphatic heterocycles. The van der Waals surface area contributed by atoms with Crippen molar-refractivity contribution >= 4 is 11.6 Å². The molecular formula is C15H22N2O3. The van der Waals surface area contributed by atoms with Gasteiger partial charge in [-0.1, -0.05) is 18.2 Å². The van der Waals surface area contributed by atoms with Gasteiger partial charge in [0.15, 0.2) is 0 Å². The Morgan fingerprint density at radius 2 is 2.30 bits per heavy atom. The summed E-state index contributed by atoms with van der Waals surface area (Å²) >= 11 is 0. The second kappa shape index (κ2) is 6.35. The first kappa shape index (κ1) is 15.0. The maximum Gasteiger partial charge on any atom is 0.234 e. The van der Waals surface area contributed by atoms with Crippen LogP contribution in [0.1, 0.15) is 19.4 Å². The van der Waals surface area contributed by atoms with Gasteiger partial charge in [0, 0.05) is 23.9 Å². The first-order chi connectivity index (χ1) is 9.58. The summed E-state index contributed by atoms with van der Waals surface area (Å²) in [5, 5.41) is 2.95. The van der Waals surface area contributed by atoms with E-state index < -0.39 is 5.41 Å². The zero-order valence-electron chi connectivity index (χ0n) is 12.0. The summed E-state index contributed by atoms with van der Waals surface area (Å²) in [6.07, 6.45) is 0. The number of carbonyl (C=O) groups is 1. The lowest BCUT2D eigenvalue weighted by molar-refractivity contribution is -0.125. The number of carbonyl (C=O) groups excluding carboxylic acids is 1. The van der Waals surface area contributed by atoms with Crippen LogP contribution in [0.2, 0.25) is 0 Å². The molecule has 5 nitrogen and oxygen atoms in total. The third kappa shape index (κ3) is 3.00. The molecule has 3 N–H and O–H groups in total. The zero-order chi connectivity index (χ0) is 14.6. The molecule has 5 heteroatoms. The monoisotopic (exact) mass is 278 g/mol. The molecule has 2 rings (SSSR count). The van der Waals surface area contributed by atoms with Crippen LogP contribution < -0.4 is 11.1 Å². The van der Waals surface area contributed by atoms with E-state index in [1.165, 1.54) is 0 Å². The number of para-hydroxylation sites is 1. The molecule has 1 saturated heterocycles. The number of hydrogen-bond donors (Lipinski definition) is 2. The molecule has 1 aromatic rings. The minimum absolute atomic E-state index is 0.105. The van der Waals surface area contributed by atoms with Crippen LogP contribution in [-0.4, -0.2) is 31.8 Å². The Morgan fingerprint density at radius 3 is 2.95 bits per heavy atom. The van der Waals surface area contributed by atoms with E-state index in [9.17, 15) is 4.79 Å². The molecule has 0 radical (unpaired) electrons. The first-order valence-corrected chi connectivity index (χ1v) is 6.88. The van der Waals surface area contributed by atoms with Gasteiger partial charge in [0.2, 0.25) is 5.91 Å². The lowest BCUT2D eigenvalue weighted by atomic mass is 9.84. The number of rotatable bonds is 5. The predicted molar refractivity (Wildman–Crippen MR) is 77.3 cm³/mol. The second-order valence-corrected chi connectivity index (χ2v) is 5.29. The molecule has 0 aromatic heterocycles. The number of anilines is 1. The average Bonchev–Trinajstić information content (AvgIpc) is 2.79. The molecule has 2 atom stereocenters. The second-order valence-electron chi connectivity index (χ2n) is 5.29. The summed E-state index contributed by atoms with van der Waals surface area (Å²) in [6, 6.07) is 7.35. The van der Waals surface area contributed by atoms with Crippen molar-refractivity contribution in [3.63, 3.8) is 0 Å². The molecule has 1 amide bonds. The van der Waals surface area contributed by atoms with Crippen molar-refractivity contribution in [3.8, 4) is 0 Å². The van der Waals surface area contributed by atoms with E-state index in [4.69, 9.17) is 15.2 Å². The fourth-order valence-electron chi connectivity index (χ4n) is 2.17. The summed E-state index contributed by atoms with van der Waals surface area (Å²) in [7, 11) is 0. The Bertz CT molecular complexity index is 478. The highest BCUT2D eigenvalue weighted by Gasteiger charge is 2.44. The standard InChI is InChI=1S/C15H22N2O3/c1-3-19-8-11-6-4-5-7-12(11)17-14(18)15(2)10-20-9-13(15)16/h4-7,13H,3,8-10,16H2,1-2H3,(H,17,18). The van der Waals surface area contributed by atoms with Crippen LogP contribution >= 0.6 is 0 Å². The topological polar surface area (TPSA) is 73.6 Å². The Morgan fingerprint density at radius 1 is 1.55 bits per heavy atom. The normalized spacial score (nSPS) is 25.6. The maximum atomic E-state index is 12.5. The highest BCUT2D eigenvalue weighted by atomic mass is 16.5. The fourth-order valence-corrected chi connectivity index (χ4v) is 2.17. The predicted octanol–water partition coefficient (Wildman–Crippen LogP) is 1.53. The van der Waals surface area contributed by atoms with Crippen LogP contribution in [0.5, 0.6) is 0 Å². The SMILES string of the molecule is CCOCc1ccccc1NC(=O)C1(C)COCC1N. The van der Waals surface area contributed by atoms with Crippen molar-refractivity contribution in [2.45, 2.75) is 26.5 Å². The van der Waals surface area contributed by atoms with Gasteiger partial charge in [-0.2, -0.15) is 0 Å². The Kier molecular flexibility index (Phi) is 4.75. The van der Waals surface area contributed by atoms with E-state index in [1.54, 1.807) is 0 Å². The molecule has 2 unspecified atom stereocenters. The number of amides is 1. The van der Waals surface area contributed by atoms with Crippen molar-refractivity contribution in [1.29, 1.82) is 0 Å². The highest BCUT2D eigenvalue weighted by molar-refractivity contribution is 5.96. The van der Waals surface area contributed by atoms with E-state index in [0.717, 1.165) is 11.3 Å². The van der Waals surface area contributed by atoms with E-state index in [2.05, 4.69) is 5.32 Å². The van der Waals surface area contributed by atoms with Gasteiger partial charge >= 0.3 is 0 Å². The molecule has 110 valence electrons.